The van der Waals surface area contributed by atoms with Crippen LogP contribution >= 0.6 is 23.4 Å². The maximum absolute atomic E-state index is 14.2. The van der Waals surface area contributed by atoms with Crippen LogP contribution in [0.1, 0.15) is 31.9 Å². The van der Waals surface area contributed by atoms with Gasteiger partial charge < -0.3 is 5.32 Å². The zero-order valence-corrected chi connectivity index (χ0v) is 13.6. The topological polar surface area (TPSA) is 24.9 Å². The first-order valence-electron chi connectivity index (χ1n) is 6.93. The summed E-state index contributed by atoms with van der Waals surface area (Å²) in [6.45, 7) is 4.93. The van der Waals surface area contributed by atoms with Crippen LogP contribution in [-0.4, -0.2) is 11.5 Å². The molecule has 2 nitrogen and oxygen atoms in total. The van der Waals surface area contributed by atoms with Crippen LogP contribution in [0, 0.1) is 5.82 Å². The van der Waals surface area contributed by atoms with Gasteiger partial charge in [0.2, 0.25) is 0 Å². The van der Waals surface area contributed by atoms with Crippen LogP contribution < -0.4 is 5.32 Å². The van der Waals surface area contributed by atoms with E-state index in [4.69, 9.17) is 11.6 Å². The smallest absolute Gasteiger partial charge is 0.129 e. The lowest BCUT2D eigenvalue weighted by Gasteiger charge is -2.18. The maximum atomic E-state index is 14.2. The lowest BCUT2D eigenvalue weighted by molar-refractivity contribution is 0.519. The van der Waals surface area contributed by atoms with Crippen LogP contribution in [0.25, 0.3) is 0 Å². The van der Waals surface area contributed by atoms with Gasteiger partial charge in [0.1, 0.15) is 10.8 Å². The van der Waals surface area contributed by atoms with E-state index < -0.39 is 0 Å². The number of nitrogens with zero attached hydrogens (tertiary/aromatic N) is 1. The number of hydrogen-bond donors (Lipinski definition) is 1. The second-order valence-corrected chi connectivity index (χ2v) is 6.24. The second kappa shape index (κ2) is 7.78. The van der Waals surface area contributed by atoms with Gasteiger partial charge >= 0.3 is 0 Å². The average Bonchev–Trinajstić information content (AvgIpc) is 2.47. The van der Waals surface area contributed by atoms with Crippen molar-refractivity contribution in [2.24, 2.45) is 0 Å². The van der Waals surface area contributed by atoms with E-state index in [1.165, 1.54) is 17.8 Å². The molecule has 1 aromatic carbocycles. The molecule has 1 aromatic heterocycles. The molecular weight excluding hydrogens is 307 g/mol. The zero-order valence-electron chi connectivity index (χ0n) is 12.1. The number of rotatable bonds is 6. The zero-order chi connectivity index (χ0) is 15.2. The molecule has 0 aliphatic rings. The Labute approximate surface area is 134 Å². The summed E-state index contributed by atoms with van der Waals surface area (Å²) in [7, 11) is 0. The number of aromatic nitrogens is 1. The van der Waals surface area contributed by atoms with Crippen molar-refractivity contribution in [2.45, 2.75) is 36.2 Å². The predicted molar refractivity (Wildman–Crippen MR) is 86.5 cm³/mol. The van der Waals surface area contributed by atoms with Crippen LogP contribution in [0.5, 0.6) is 0 Å². The molecule has 0 saturated carbocycles. The molecule has 0 radical (unpaired) electrons. The molecule has 112 valence electrons. The number of nitrogens with one attached hydrogen (secondary N) is 1. The summed E-state index contributed by atoms with van der Waals surface area (Å²) < 4.78 is 14.2. The molecule has 1 atom stereocenters. The molecule has 0 aliphatic heterocycles. The highest BCUT2D eigenvalue weighted by Crippen LogP contribution is 2.34. The third-order valence-electron chi connectivity index (χ3n) is 3.06. The Bertz CT molecular complexity index is 589. The van der Waals surface area contributed by atoms with Crippen LogP contribution in [-0.2, 0) is 0 Å². The van der Waals surface area contributed by atoms with E-state index in [1.807, 2.05) is 19.1 Å². The molecule has 21 heavy (non-hydrogen) atoms. The van der Waals surface area contributed by atoms with Crippen molar-refractivity contribution in [3.8, 4) is 0 Å². The normalized spacial score (nSPS) is 12.4. The predicted octanol–water partition coefficient (Wildman–Crippen LogP) is 5.09. The van der Waals surface area contributed by atoms with Gasteiger partial charge in [0, 0.05) is 22.7 Å². The summed E-state index contributed by atoms with van der Waals surface area (Å²) >= 11 is 7.29. The molecular formula is C16H18ClFN2S. The standard InChI is InChI=1S/C16H18ClFN2S/c1-3-9-19-11(2)16-13(18)5-4-6-14(16)21-15-8-7-12(17)10-20-15/h4-8,10-11,19H,3,9H2,1-2H3. The largest absolute Gasteiger partial charge is 0.310 e. The van der Waals surface area contributed by atoms with Gasteiger partial charge in [-0.15, -0.1) is 0 Å². The molecule has 2 aromatic rings. The highest BCUT2D eigenvalue weighted by atomic mass is 35.5. The number of halogens is 2. The Balaban J connectivity index is 2.26. The lowest BCUT2D eigenvalue weighted by Crippen LogP contribution is -2.21. The van der Waals surface area contributed by atoms with E-state index in [0.29, 0.717) is 10.6 Å². The Morgan fingerprint density at radius 2 is 2.14 bits per heavy atom. The number of benzene rings is 1. The minimum absolute atomic E-state index is 0.0408. The SMILES string of the molecule is CCCNC(C)c1c(F)cccc1Sc1ccc(Cl)cn1. The molecule has 0 saturated heterocycles. The number of pyridine rings is 1. The molecule has 2 rings (SSSR count). The molecule has 5 heteroatoms. The molecule has 1 N–H and O–H groups in total. The second-order valence-electron chi connectivity index (χ2n) is 4.74. The van der Waals surface area contributed by atoms with E-state index in [1.54, 1.807) is 18.3 Å². The summed E-state index contributed by atoms with van der Waals surface area (Å²) in [6.07, 6.45) is 2.61. The van der Waals surface area contributed by atoms with Crippen LogP contribution in [0.4, 0.5) is 4.39 Å². The molecule has 0 amide bonds. The first kappa shape index (κ1) is 16.3. The minimum atomic E-state index is -0.190. The van der Waals surface area contributed by atoms with E-state index in [9.17, 15) is 4.39 Å². The van der Waals surface area contributed by atoms with Crippen LogP contribution in [0.3, 0.4) is 0 Å². The first-order valence-corrected chi connectivity index (χ1v) is 8.12. The van der Waals surface area contributed by atoms with Crippen molar-refractivity contribution >= 4 is 23.4 Å². The van der Waals surface area contributed by atoms with Crippen LogP contribution in [0.2, 0.25) is 5.02 Å². The summed E-state index contributed by atoms with van der Waals surface area (Å²) in [5, 5.41) is 4.72. The van der Waals surface area contributed by atoms with Crippen molar-refractivity contribution < 1.29 is 4.39 Å². The van der Waals surface area contributed by atoms with Gasteiger partial charge in [0.25, 0.3) is 0 Å². The summed E-state index contributed by atoms with van der Waals surface area (Å²) in [4.78, 5) is 5.13. The van der Waals surface area contributed by atoms with Crippen LogP contribution in [0.15, 0.2) is 46.5 Å². The monoisotopic (exact) mass is 324 g/mol. The minimum Gasteiger partial charge on any atom is -0.310 e. The van der Waals surface area contributed by atoms with E-state index in [2.05, 4.69) is 17.2 Å². The van der Waals surface area contributed by atoms with Crippen molar-refractivity contribution in [1.29, 1.82) is 0 Å². The quantitative estimate of drug-likeness (QED) is 0.801. The molecule has 0 spiro atoms. The number of hydrogen-bond acceptors (Lipinski definition) is 3. The molecule has 0 bridgehead atoms. The fourth-order valence-corrected chi connectivity index (χ4v) is 3.13. The van der Waals surface area contributed by atoms with Gasteiger partial charge in [-0.25, -0.2) is 9.37 Å². The Morgan fingerprint density at radius 1 is 1.33 bits per heavy atom. The summed E-state index contributed by atoms with van der Waals surface area (Å²) in [5.41, 5.74) is 0.688. The van der Waals surface area contributed by atoms with Gasteiger partial charge in [0.15, 0.2) is 0 Å². The van der Waals surface area contributed by atoms with Gasteiger partial charge in [-0.05, 0) is 44.2 Å². The lowest BCUT2D eigenvalue weighted by atomic mass is 10.1. The molecule has 0 fully saturated rings. The maximum Gasteiger partial charge on any atom is 0.129 e. The van der Waals surface area contributed by atoms with Gasteiger partial charge in [0.05, 0.1) is 5.02 Å². The van der Waals surface area contributed by atoms with Crippen molar-refractivity contribution in [3.05, 3.63) is 52.9 Å². The van der Waals surface area contributed by atoms with Gasteiger partial charge in [-0.3, -0.25) is 0 Å². The van der Waals surface area contributed by atoms with Crippen molar-refractivity contribution in [2.75, 3.05) is 6.54 Å². The van der Waals surface area contributed by atoms with Gasteiger partial charge in [-0.1, -0.05) is 36.4 Å². The van der Waals surface area contributed by atoms with E-state index in [0.717, 1.165) is 22.9 Å². The molecule has 0 aliphatic carbocycles. The highest BCUT2D eigenvalue weighted by molar-refractivity contribution is 7.99. The summed E-state index contributed by atoms with van der Waals surface area (Å²) in [5.74, 6) is -0.190. The van der Waals surface area contributed by atoms with Gasteiger partial charge in [-0.2, -0.15) is 0 Å². The first-order chi connectivity index (χ1) is 10.1. The Kier molecular flexibility index (Phi) is 6.03. The van der Waals surface area contributed by atoms with E-state index >= 15 is 0 Å². The fourth-order valence-electron chi connectivity index (χ4n) is 2.02. The Morgan fingerprint density at radius 3 is 2.81 bits per heavy atom. The fraction of sp³-hybridized carbons (Fsp3) is 0.312. The Hall–Kier alpha value is -1.10. The molecule has 1 heterocycles. The molecule has 1 unspecified atom stereocenters. The van der Waals surface area contributed by atoms with Crippen molar-refractivity contribution in [3.63, 3.8) is 0 Å². The third-order valence-corrected chi connectivity index (χ3v) is 4.31. The third kappa shape index (κ3) is 4.43. The van der Waals surface area contributed by atoms with E-state index in [-0.39, 0.29) is 11.9 Å². The van der Waals surface area contributed by atoms with Crippen molar-refractivity contribution in [1.82, 2.24) is 10.3 Å². The highest BCUT2D eigenvalue weighted by Gasteiger charge is 2.16. The average molecular weight is 325 g/mol. The summed E-state index contributed by atoms with van der Waals surface area (Å²) in [6, 6.07) is 8.73.